The maximum Gasteiger partial charge on any atom is 0.160 e. The van der Waals surface area contributed by atoms with Crippen molar-refractivity contribution in [2.24, 2.45) is 0 Å². The number of hydrogen-bond donors (Lipinski definition) is 0. The van der Waals surface area contributed by atoms with Crippen LogP contribution in [0.4, 0.5) is 0 Å². The van der Waals surface area contributed by atoms with Crippen molar-refractivity contribution in [1.29, 1.82) is 5.26 Å². The Labute approximate surface area is 123 Å². The number of thioether (sulfide) groups is 1. The molecule has 0 unspecified atom stereocenters. The Kier molecular flexibility index (Phi) is 4.60. The van der Waals surface area contributed by atoms with Crippen LogP contribution in [0.2, 0.25) is 0 Å². The van der Waals surface area contributed by atoms with E-state index in [0.29, 0.717) is 11.1 Å². The van der Waals surface area contributed by atoms with Gasteiger partial charge in [0.15, 0.2) is 5.78 Å². The molecule has 0 heterocycles. The van der Waals surface area contributed by atoms with E-state index in [9.17, 15) is 4.79 Å². The minimum absolute atomic E-state index is 0.0294. The molecule has 0 fully saturated rings. The van der Waals surface area contributed by atoms with Crippen molar-refractivity contribution in [2.75, 3.05) is 0 Å². The Morgan fingerprint density at radius 3 is 2.65 bits per heavy atom. The first-order chi connectivity index (χ1) is 9.61. The summed E-state index contributed by atoms with van der Waals surface area (Å²) in [7, 11) is 0. The lowest BCUT2D eigenvalue weighted by Gasteiger charge is -2.09. The van der Waals surface area contributed by atoms with Crippen LogP contribution in [0.1, 0.15) is 34.0 Å². The van der Waals surface area contributed by atoms with Gasteiger partial charge in [-0.05, 0) is 43.2 Å². The lowest BCUT2D eigenvalue weighted by Crippen LogP contribution is -1.96. The van der Waals surface area contributed by atoms with Crippen LogP contribution in [0.25, 0.3) is 0 Å². The minimum Gasteiger partial charge on any atom is -0.294 e. The molecule has 0 aliphatic rings. The van der Waals surface area contributed by atoms with Crippen LogP contribution in [-0.4, -0.2) is 5.78 Å². The molecule has 0 N–H and O–H groups in total. The third-order valence-electron chi connectivity index (χ3n) is 3.13. The van der Waals surface area contributed by atoms with Crippen LogP contribution in [-0.2, 0) is 5.75 Å². The Bertz CT molecular complexity index is 686. The van der Waals surface area contributed by atoms with Crippen molar-refractivity contribution >= 4 is 17.5 Å². The van der Waals surface area contributed by atoms with Gasteiger partial charge >= 0.3 is 0 Å². The van der Waals surface area contributed by atoms with Crippen molar-refractivity contribution < 1.29 is 4.79 Å². The fourth-order valence-electron chi connectivity index (χ4n) is 1.93. The lowest BCUT2D eigenvalue weighted by atomic mass is 10.1. The van der Waals surface area contributed by atoms with Gasteiger partial charge < -0.3 is 0 Å². The minimum atomic E-state index is 0.0294. The summed E-state index contributed by atoms with van der Waals surface area (Å²) in [6.07, 6.45) is 0. The van der Waals surface area contributed by atoms with Crippen molar-refractivity contribution in [3.63, 3.8) is 0 Å². The molecule has 0 aliphatic carbocycles. The van der Waals surface area contributed by atoms with E-state index in [1.54, 1.807) is 36.9 Å². The van der Waals surface area contributed by atoms with Gasteiger partial charge in [-0.25, -0.2) is 0 Å². The molecule has 2 aromatic carbocycles. The monoisotopic (exact) mass is 281 g/mol. The Hall–Kier alpha value is -2.05. The first-order valence-electron chi connectivity index (χ1n) is 6.34. The van der Waals surface area contributed by atoms with Gasteiger partial charge in [0, 0.05) is 16.2 Å². The first-order valence-corrected chi connectivity index (χ1v) is 7.33. The molecule has 0 saturated carbocycles. The first kappa shape index (κ1) is 14.4. The van der Waals surface area contributed by atoms with E-state index < -0.39 is 0 Å². The number of rotatable bonds is 4. The van der Waals surface area contributed by atoms with E-state index in [-0.39, 0.29) is 5.78 Å². The third kappa shape index (κ3) is 3.28. The normalized spacial score (nSPS) is 10.1. The highest BCUT2D eigenvalue weighted by Crippen LogP contribution is 2.28. The molecule has 3 heteroatoms. The van der Waals surface area contributed by atoms with Crippen LogP contribution in [0.5, 0.6) is 0 Å². The van der Waals surface area contributed by atoms with Gasteiger partial charge in [0.2, 0.25) is 0 Å². The lowest BCUT2D eigenvalue weighted by molar-refractivity contribution is 0.101. The second kappa shape index (κ2) is 6.40. The molecule has 100 valence electrons. The molecule has 2 rings (SSSR count). The molecule has 0 amide bonds. The topological polar surface area (TPSA) is 40.9 Å². The van der Waals surface area contributed by atoms with Crippen LogP contribution < -0.4 is 0 Å². The van der Waals surface area contributed by atoms with Gasteiger partial charge in [0.1, 0.15) is 0 Å². The fourth-order valence-corrected chi connectivity index (χ4v) is 3.14. The predicted octanol–water partition coefficient (Wildman–Crippen LogP) is 4.36. The molecule has 0 spiro atoms. The Morgan fingerprint density at radius 2 is 2.00 bits per heavy atom. The number of Topliss-reactive ketones (excluding diaryl/α,β-unsaturated/α-hetero) is 1. The number of benzene rings is 2. The third-order valence-corrected chi connectivity index (χ3v) is 4.24. The molecule has 0 bridgehead atoms. The van der Waals surface area contributed by atoms with E-state index in [4.69, 9.17) is 5.26 Å². The Balaban J connectivity index is 2.26. The molecule has 0 aliphatic heterocycles. The summed E-state index contributed by atoms with van der Waals surface area (Å²) in [6, 6.07) is 15.5. The molecular formula is C17H15NOS. The molecule has 0 aromatic heterocycles. The summed E-state index contributed by atoms with van der Waals surface area (Å²) < 4.78 is 0. The molecule has 2 nitrogen and oxygen atoms in total. The van der Waals surface area contributed by atoms with Gasteiger partial charge in [0.05, 0.1) is 11.6 Å². The van der Waals surface area contributed by atoms with Crippen molar-refractivity contribution in [3.8, 4) is 6.07 Å². The zero-order valence-electron chi connectivity index (χ0n) is 11.5. The number of aryl methyl sites for hydroxylation is 1. The fraction of sp³-hybridized carbons (Fsp3) is 0.176. The van der Waals surface area contributed by atoms with Crippen molar-refractivity contribution in [3.05, 3.63) is 64.7 Å². The van der Waals surface area contributed by atoms with E-state index in [1.165, 1.54) is 11.1 Å². The van der Waals surface area contributed by atoms with Gasteiger partial charge in [0.25, 0.3) is 0 Å². The van der Waals surface area contributed by atoms with E-state index >= 15 is 0 Å². The number of carbonyl (C=O) groups excluding carboxylic acids is 1. The highest BCUT2D eigenvalue weighted by molar-refractivity contribution is 7.98. The van der Waals surface area contributed by atoms with Gasteiger partial charge in [-0.3, -0.25) is 4.79 Å². The van der Waals surface area contributed by atoms with Crippen LogP contribution >= 0.6 is 11.8 Å². The molecule has 0 radical (unpaired) electrons. The van der Waals surface area contributed by atoms with Crippen LogP contribution in [0, 0.1) is 18.3 Å². The smallest absolute Gasteiger partial charge is 0.160 e. The highest BCUT2D eigenvalue weighted by Gasteiger charge is 2.09. The molecule has 20 heavy (non-hydrogen) atoms. The molecular weight excluding hydrogens is 266 g/mol. The summed E-state index contributed by atoms with van der Waals surface area (Å²) in [6.45, 7) is 3.63. The maximum atomic E-state index is 11.6. The number of carbonyl (C=O) groups is 1. The quantitative estimate of drug-likeness (QED) is 0.617. The van der Waals surface area contributed by atoms with E-state index in [1.807, 2.05) is 12.1 Å². The standard InChI is InChI=1S/C17H15NOS/c1-12-5-3-4-6-15(12)11-20-17-9-14(10-18)7-8-16(17)13(2)19/h3-9H,11H2,1-2H3. The highest BCUT2D eigenvalue weighted by atomic mass is 32.2. The summed E-state index contributed by atoms with van der Waals surface area (Å²) in [4.78, 5) is 12.5. The van der Waals surface area contributed by atoms with E-state index in [0.717, 1.165) is 10.6 Å². The summed E-state index contributed by atoms with van der Waals surface area (Å²) >= 11 is 1.60. The maximum absolute atomic E-state index is 11.6. The number of nitrogens with zero attached hydrogens (tertiary/aromatic N) is 1. The predicted molar refractivity (Wildman–Crippen MR) is 81.9 cm³/mol. The molecule has 0 atom stereocenters. The van der Waals surface area contributed by atoms with Crippen molar-refractivity contribution in [2.45, 2.75) is 24.5 Å². The summed E-state index contributed by atoms with van der Waals surface area (Å²) in [5.41, 5.74) is 3.75. The SMILES string of the molecule is CC(=O)c1ccc(C#N)cc1SCc1ccccc1C. The number of ketones is 1. The summed E-state index contributed by atoms with van der Waals surface area (Å²) in [5, 5.41) is 8.98. The largest absolute Gasteiger partial charge is 0.294 e. The molecule has 0 saturated heterocycles. The van der Waals surface area contributed by atoms with Gasteiger partial charge in [-0.15, -0.1) is 11.8 Å². The zero-order chi connectivity index (χ0) is 14.5. The zero-order valence-corrected chi connectivity index (χ0v) is 12.3. The van der Waals surface area contributed by atoms with Gasteiger partial charge in [-0.1, -0.05) is 24.3 Å². The second-order valence-electron chi connectivity index (χ2n) is 4.59. The van der Waals surface area contributed by atoms with E-state index in [2.05, 4.69) is 25.1 Å². The summed E-state index contributed by atoms with van der Waals surface area (Å²) in [5.74, 6) is 0.823. The average molecular weight is 281 g/mol. The average Bonchev–Trinajstić information content (AvgIpc) is 2.46. The van der Waals surface area contributed by atoms with Gasteiger partial charge in [-0.2, -0.15) is 5.26 Å². The second-order valence-corrected chi connectivity index (χ2v) is 5.61. The molecule has 2 aromatic rings. The number of nitriles is 1. The van der Waals surface area contributed by atoms with Crippen molar-refractivity contribution in [1.82, 2.24) is 0 Å². The van der Waals surface area contributed by atoms with Crippen LogP contribution in [0.15, 0.2) is 47.4 Å². The number of hydrogen-bond acceptors (Lipinski definition) is 3. The van der Waals surface area contributed by atoms with Crippen LogP contribution in [0.3, 0.4) is 0 Å². The Morgan fingerprint density at radius 1 is 1.25 bits per heavy atom.